The van der Waals surface area contributed by atoms with Gasteiger partial charge in [-0.2, -0.15) is 0 Å². The third kappa shape index (κ3) is 3.07. The molecule has 0 spiro atoms. The van der Waals surface area contributed by atoms with Crippen molar-refractivity contribution in [2.75, 3.05) is 13.7 Å². The third-order valence-corrected chi connectivity index (χ3v) is 5.15. The van der Waals surface area contributed by atoms with Gasteiger partial charge in [0.25, 0.3) is 5.56 Å². The summed E-state index contributed by atoms with van der Waals surface area (Å²) >= 11 is 0. The molecular formula is C23H20N2O4. The summed E-state index contributed by atoms with van der Waals surface area (Å²) in [4.78, 5) is 37.9. The minimum Gasteiger partial charge on any atom is -0.466 e. The van der Waals surface area contributed by atoms with Gasteiger partial charge in [0.15, 0.2) is 5.78 Å². The van der Waals surface area contributed by atoms with Gasteiger partial charge in [0.1, 0.15) is 0 Å². The maximum Gasteiger partial charge on any atom is 0.330 e. The molecule has 0 aliphatic heterocycles. The van der Waals surface area contributed by atoms with Crippen LogP contribution in [0, 0.1) is 0 Å². The van der Waals surface area contributed by atoms with Crippen molar-refractivity contribution in [1.29, 1.82) is 0 Å². The van der Waals surface area contributed by atoms with E-state index in [1.165, 1.54) is 13.2 Å². The van der Waals surface area contributed by atoms with Crippen LogP contribution in [0.5, 0.6) is 0 Å². The average Bonchev–Trinajstić information content (AvgIpc) is 3.05. The zero-order valence-electron chi connectivity index (χ0n) is 16.0. The lowest BCUT2D eigenvalue weighted by Gasteiger charge is -2.15. The van der Waals surface area contributed by atoms with Crippen molar-refractivity contribution in [2.45, 2.75) is 13.0 Å². The number of carbonyl (C=O) groups excluding carboxylic acids is 2. The number of hydrogen-bond acceptors (Lipinski definition) is 5. The van der Waals surface area contributed by atoms with E-state index >= 15 is 0 Å². The van der Waals surface area contributed by atoms with Gasteiger partial charge in [-0.25, -0.2) is 4.79 Å². The van der Waals surface area contributed by atoms with E-state index in [4.69, 9.17) is 5.73 Å². The van der Waals surface area contributed by atoms with E-state index < -0.39 is 5.97 Å². The average molecular weight is 388 g/mol. The van der Waals surface area contributed by atoms with Gasteiger partial charge in [0.2, 0.25) is 0 Å². The number of ketones is 1. The number of ether oxygens (including phenoxy) is 1. The first-order valence-electron chi connectivity index (χ1n) is 9.37. The topological polar surface area (TPSA) is 91.4 Å². The fraction of sp³-hybridized carbons (Fsp3) is 0.174. The second kappa shape index (κ2) is 7.48. The smallest absolute Gasteiger partial charge is 0.330 e. The van der Waals surface area contributed by atoms with E-state index in [9.17, 15) is 14.4 Å². The lowest BCUT2D eigenvalue weighted by molar-refractivity contribution is -0.134. The molecule has 1 aromatic heterocycles. The summed E-state index contributed by atoms with van der Waals surface area (Å²) in [7, 11) is 1.30. The van der Waals surface area contributed by atoms with E-state index in [-0.39, 0.29) is 11.3 Å². The van der Waals surface area contributed by atoms with Crippen LogP contribution in [0.25, 0.3) is 28.1 Å². The molecule has 1 aliphatic carbocycles. The normalized spacial score (nSPS) is 12.4. The monoisotopic (exact) mass is 388 g/mol. The van der Waals surface area contributed by atoms with Crippen LogP contribution >= 0.6 is 0 Å². The molecule has 2 aromatic carbocycles. The Balaban J connectivity index is 2.00. The number of hydrogen-bond donors (Lipinski definition) is 1. The summed E-state index contributed by atoms with van der Waals surface area (Å²) in [6.07, 6.45) is 3.50. The maximum atomic E-state index is 13.4. The van der Waals surface area contributed by atoms with Crippen molar-refractivity contribution < 1.29 is 14.3 Å². The molecule has 1 aliphatic rings. The Morgan fingerprint density at radius 2 is 1.86 bits per heavy atom. The first kappa shape index (κ1) is 18.8. The van der Waals surface area contributed by atoms with E-state index in [0.29, 0.717) is 52.7 Å². The number of nitrogens with two attached hydrogens (primary N) is 1. The number of methoxy groups -OCH3 is 1. The fourth-order valence-electron chi connectivity index (χ4n) is 3.80. The molecule has 3 aromatic rings. The first-order valence-corrected chi connectivity index (χ1v) is 9.37. The number of carbonyl (C=O) groups is 2. The number of aromatic nitrogens is 1. The van der Waals surface area contributed by atoms with Gasteiger partial charge in [-0.1, -0.05) is 36.4 Å². The van der Waals surface area contributed by atoms with Crippen LogP contribution in [0.1, 0.15) is 27.9 Å². The zero-order valence-corrected chi connectivity index (χ0v) is 16.0. The van der Waals surface area contributed by atoms with Crippen molar-refractivity contribution >= 4 is 28.6 Å². The van der Waals surface area contributed by atoms with Crippen molar-refractivity contribution in [1.82, 2.24) is 4.57 Å². The second-order valence-electron chi connectivity index (χ2n) is 6.86. The highest BCUT2D eigenvalue weighted by atomic mass is 16.5. The quantitative estimate of drug-likeness (QED) is 0.419. The van der Waals surface area contributed by atoms with Gasteiger partial charge in [-0.3, -0.25) is 9.59 Å². The molecule has 2 N–H and O–H groups in total. The molecular weight excluding hydrogens is 368 g/mol. The van der Waals surface area contributed by atoms with Crippen LogP contribution in [0.15, 0.2) is 53.3 Å². The summed E-state index contributed by atoms with van der Waals surface area (Å²) in [5.41, 5.74) is 8.76. The summed E-state index contributed by atoms with van der Waals surface area (Å²) in [5.74, 6) is -0.565. The number of rotatable bonds is 5. The molecule has 4 rings (SSSR count). The highest BCUT2D eigenvalue weighted by molar-refractivity contribution is 6.26. The summed E-state index contributed by atoms with van der Waals surface area (Å²) in [6, 6.07) is 12.6. The number of fused-ring (bicyclic) bond motifs is 5. The molecule has 0 radical (unpaired) electrons. The van der Waals surface area contributed by atoms with Crippen LogP contribution in [0.3, 0.4) is 0 Å². The Labute approximate surface area is 167 Å². The second-order valence-corrected chi connectivity index (χ2v) is 6.86. The predicted octanol–water partition coefficient (Wildman–Crippen LogP) is 2.75. The largest absolute Gasteiger partial charge is 0.466 e. The van der Waals surface area contributed by atoms with Crippen LogP contribution in [-0.4, -0.2) is 30.0 Å². The lowest BCUT2D eigenvalue weighted by Crippen LogP contribution is -2.24. The molecule has 0 amide bonds. The first-order chi connectivity index (χ1) is 14.1. The molecule has 0 saturated carbocycles. The van der Waals surface area contributed by atoms with Gasteiger partial charge < -0.3 is 15.0 Å². The lowest BCUT2D eigenvalue weighted by atomic mass is 10.0. The predicted molar refractivity (Wildman–Crippen MR) is 112 cm³/mol. The van der Waals surface area contributed by atoms with Gasteiger partial charge in [-0.15, -0.1) is 0 Å². The number of esters is 1. The van der Waals surface area contributed by atoms with E-state index in [1.54, 1.807) is 34.9 Å². The van der Waals surface area contributed by atoms with Crippen molar-refractivity contribution in [3.63, 3.8) is 0 Å². The molecule has 0 atom stereocenters. The highest BCUT2D eigenvalue weighted by Crippen LogP contribution is 2.39. The molecule has 0 fully saturated rings. The van der Waals surface area contributed by atoms with Crippen LogP contribution in [-0.2, 0) is 16.1 Å². The Kier molecular flexibility index (Phi) is 4.86. The summed E-state index contributed by atoms with van der Waals surface area (Å²) in [5, 5.41) is 1.05. The number of benzene rings is 2. The van der Waals surface area contributed by atoms with E-state index in [1.807, 2.05) is 18.2 Å². The Bertz CT molecular complexity index is 1240. The van der Waals surface area contributed by atoms with Crippen LogP contribution < -0.4 is 11.3 Å². The number of nitrogens with zero attached hydrogens (tertiary/aromatic N) is 1. The Hall–Kier alpha value is -3.51. The van der Waals surface area contributed by atoms with Crippen molar-refractivity contribution in [3.8, 4) is 11.3 Å². The summed E-state index contributed by atoms with van der Waals surface area (Å²) < 4.78 is 6.26. The molecule has 0 saturated heterocycles. The van der Waals surface area contributed by atoms with Gasteiger partial charge in [0.05, 0.1) is 18.4 Å². The molecule has 29 heavy (non-hydrogen) atoms. The van der Waals surface area contributed by atoms with Gasteiger partial charge in [-0.05, 0) is 30.7 Å². The highest BCUT2D eigenvalue weighted by Gasteiger charge is 2.32. The van der Waals surface area contributed by atoms with Gasteiger partial charge >= 0.3 is 5.97 Å². The van der Waals surface area contributed by atoms with Crippen molar-refractivity contribution in [2.24, 2.45) is 5.73 Å². The fourth-order valence-corrected chi connectivity index (χ4v) is 3.80. The molecule has 6 heteroatoms. The standard InChI is InChI=1S/C23H20N2O4/c1-29-19(26)10-8-14-7-9-15-18(13-14)23(28)25(12-4-11-24)21-16-5-2-3-6-17(16)22(27)20(15)21/h2-3,5-10,13H,4,11-12,24H2,1H3/b10-8+. The minimum absolute atomic E-state index is 0.0834. The number of pyridine rings is 1. The molecule has 0 bridgehead atoms. The Morgan fingerprint density at radius 3 is 2.59 bits per heavy atom. The molecule has 6 nitrogen and oxygen atoms in total. The van der Waals surface area contributed by atoms with Crippen LogP contribution in [0.2, 0.25) is 0 Å². The maximum absolute atomic E-state index is 13.4. The van der Waals surface area contributed by atoms with E-state index in [0.717, 1.165) is 5.56 Å². The minimum atomic E-state index is -0.481. The van der Waals surface area contributed by atoms with E-state index in [2.05, 4.69) is 4.74 Å². The Morgan fingerprint density at radius 1 is 1.10 bits per heavy atom. The third-order valence-electron chi connectivity index (χ3n) is 5.15. The molecule has 146 valence electrons. The SMILES string of the molecule is COC(=O)/C=C/c1ccc2c3c(n(CCCN)c(=O)c2c1)-c1ccccc1C3=O. The van der Waals surface area contributed by atoms with Crippen molar-refractivity contribution in [3.05, 3.63) is 75.6 Å². The molecule has 0 unspecified atom stereocenters. The zero-order chi connectivity index (χ0) is 20.5. The summed E-state index contributed by atoms with van der Waals surface area (Å²) in [6.45, 7) is 0.869. The van der Waals surface area contributed by atoms with Gasteiger partial charge in [0, 0.05) is 34.5 Å². The van der Waals surface area contributed by atoms with Crippen LogP contribution in [0.4, 0.5) is 0 Å². The molecule has 1 heterocycles.